The SMILES string of the molecule is CCOCC(NCC(O)COCCOC)C(C)C. The average Bonchev–Trinajstić information content (AvgIpc) is 2.34. The second-order valence-electron chi connectivity index (χ2n) is 4.64. The van der Waals surface area contributed by atoms with Crippen LogP contribution in [0.25, 0.3) is 0 Å². The standard InChI is InChI=1S/C13H29NO4/c1-5-17-10-13(11(2)3)14-8-12(15)9-18-7-6-16-4/h11-15H,5-10H2,1-4H3. The molecule has 0 fully saturated rings. The van der Waals surface area contributed by atoms with Crippen molar-refractivity contribution in [3.05, 3.63) is 0 Å². The van der Waals surface area contributed by atoms with Crippen LogP contribution in [0.2, 0.25) is 0 Å². The molecule has 2 atom stereocenters. The molecule has 0 aliphatic carbocycles. The Labute approximate surface area is 111 Å². The molecule has 0 rings (SSSR count). The van der Waals surface area contributed by atoms with Gasteiger partial charge in [0.15, 0.2) is 0 Å². The number of methoxy groups -OCH3 is 1. The topological polar surface area (TPSA) is 60.0 Å². The van der Waals surface area contributed by atoms with Crippen molar-refractivity contribution in [3.63, 3.8) is 0 Å². The molecule has 0 spiro atoms. The van der Waals surface area contributed by atoms with E-state index < -0.39 is 6.10 Å². The van der Waals surface area contributed by atoms with Gasteiger partial charge in [0.2, 0.25) is 0 Å². The smallest absolute Gasteiger partial charge is 0.0897 e. The van der Waals surface area contributed by atoms with Crippen LogP contribution in [0.15, 0.2) is 0 Å². The van der Waals surface area contributed by atoms with Crippen LogP contribution in [0.3, 0.4) is 0 Å². The fraction of sp³-hybridized carbons (Fsp3) is 1.00. The number of nitrogens with one attached hydrogen (secondary N) is 1. The normalized spacial score (nSPS) is 15.0. The summed E-state index contributed by atoms with van der Waals surface area (Å²) in [5.41, 5.74) is 0. The van der Waals surface area contributed by atoms with Crippen molar-refractivity contribution < 1.29 is 19.3 Å². The summed E-state index contributed by atoms with van der Waals surface area (Å²) in [7, 11) is 1.63. The zero-order valence-corrected chi connectivity index (χ0v) is 12.1. The molecular weight excluding hydrogens is 234 g/mol. The summed E-state index contributed by atoms with van der Waals surface area (Å²) in [5, 5.41) is 13.0. The van der Waals surface area contributed by atoms with Crippen molar-refractivity contribution in [2.75, 3.05) is 46.7 Å². The molecule has 0 aliphatic heterocycles. The Bertz CT molecular complexity index is 178. The molecule has 110 valence electrons. The van der Waals surface area contributed by atoms with E-state index in [2.05, 4.69) is 19.2 Å². The van der Waals surface area contributed by atoms with E-state index in [0.29, 0.717) is 45.5 Å². The number of aliphatic hydroxyl groups excluding tert-OH is 1. The van der Waals surface area contributed by atoms with E-state index in [0.717, 1.165) is 0 Å². The van der Waals surface area contributed by atoms with E-state index in [9.17, 15) is 5.11 Å². The van der Waals surface area contributed by atoms with Gasteiger partial charge in [0, 0.05) is 26.3 Å². The Morgan fingerprint density at radius 3 is 2.39 bits per heavy atom. The first-order valence-electron chi connectivity index (χ1n) is 6.67. The predicted octanol–water partition coefficient (Wildman–Crippen LogP) is 0.661. The maximum Gasteiger partial charge on any atom is 0.0897 e. The highest BCUT2D eigenvalue weighted by Gasteiger charge is 2.14. The zero-order valence-electron chi connectivity index (χ0n) is 12.1. The van der Waals surface area contributed by atoms with Gasteiger partial charge >= 0.3 is 0 Å². The number of ether oxygens (including phenoxy) is 3. The number of rotatable bonds is 12. The third-order valence-corrected chi connectivity index (χ3v) is 2.66. The van der Waals surface area contributed by atoms with Crippen LogP contribution in [0.5, 0.6) is 0 Å². The average molecular weight is 263 g/mol. The van der Waals surface area contributed by atoms with Crippen LogP contribution in [0, 0.1) is 5.92 Å². The van der Waals surface area contributed by atoms with Gasteiger partial charge in [0.05, 0.1) is 32.5 Å². The highest BCUT2D eigenvalue weighted by atomic mass is 16.5. The molecule has 0 aliphatic rings. The molecule has 0 saturated heterocycles. The highest BCUT2D eigenvalue weighted by molar-refractivity contribution is 4.72. The first kappa shape index (κ1) is 17.8. The minimum absolute atomic E-state index is 0.263. The Morgan fingerprint density at radius 2 is 1.83 bits per heavy atom. The molecule has 0 aromatic rings. The van der Waals surface area contributed by atoms with Gasteiger partial charge in [-0.3, -0.25) is 0 Å². The molecule has 0 heterocycles. The first-order chi connectivity index (χ1) is 8.61. The molecule has 0 aromatic heterocycles. The third kappa shape index (κ3) is 9.79. The van der Waals surface area contributed by atoms with Crippen molar-refractivity contribution in [1.82, 2.24) is 5.32 Å². The van der Waals surface area contributed by atoms with E-state index in [1.165, 1.54) is 0 Å². The fourth-order valence-electron chi connectivity index (χ4n) is 1.44. The lowest BCUT2D eigenvalue weighted by molar-refractivity contribution is 0.0103. The molecular formula is C13H29NO4. The number of hydrogen-bond donors (Lipinski definition) is 2. The summed E-state index contributed by atoms with van der Waals surface area (Å²) in [6.45, 7) is 9.56. The van der Waals surface area contributed by atoms with Gasteiger partial charge in [-0.25, -0.2) is 0 Å². The maximum absolute atomic E-state index is 9.74. The van der Waals surface area contributed by atoms with Crippen molar-refractivity contribution in [1.29, 1.82) is 0 Å². The van der Waals surface area contributed by atoms with Gasteiger partial charge in [-0.2, -0.15) is 0 Å². The molecule has 2 unspecified atom stereocenters. The highest BCUT2D eigenvalue weighted by Crippen LogP contribution is 2.02. The van der Waals surface area contributed by atoms with E-state index in [1.54, 1.807) is 7.11 Å². The Hall–Kier alpha value is -0.200. The molecule has 0 bridgehead atoms. The number of aliphatic hydroxyl groups is 1. The van der Waals surface area contributed by atoms with Crippen LogP contribution in [-0.4, -0.2) is 63.9 Å². The van der Waals surface area contributed by atoms with Gasteiger partial charge in [0.1, 0.15) is 0 Å². The van der Waals surface area contributed by atoms with E-state index in [4.69, 9.17) is 14.2 Å². The lowest BCUT2D eigenvalue weighted by Gasteiger charge is -2.23. The largest absolute Gasteiger partial charge is 0.389 e. The van der Waals surface area contributed by atoms with Gasteiger partial charge in [-0.1, -0.05) is 13.8 Å². The maximum atomic E-state index is 9.74. The number of hydrogen-bond acceptors (Lipinski definition) is 5. The second kappa shape index (κ2) is 11.9. The van der Waals surface area contributed by atoms with Gasteiger partial charge in [-0.05, 0) is 12.8 Å². The molecule has 5 nitrogen and oxygen atoms in total. The van der Waals surface area contributed by atoms with Crippen molar-refractivity contribution >= 4 is 0 Å². The monoisotopic (exact) mass is 263 g/mol. The Kier molecular flexibility index (Phi) is 11.7. The summed E-state index contributed by atoms with van der Waals surface area (Å²) < 4.78 is 15.5. The van der Waals surface area contributed by atoms with Crippen molar-refractivity contribution in [3.8, 4) is 0 Å². The zero-order chi connectivity index (χ0) is 13.8. The molecule has 0 amide bonds. The van der Waals surface area contributed by atoms with E-state index in [-0.39, 0.29) is 6.04 Å². The summed E-state index contributed by atoms with van der Waals surface area (Å²) in [6, 6.07) is 0.263. The molecule has 2 N–H and O–H groups in total. The quantitative estimate of drug-likeness (QED) is 0.507. The molecule has 18 heavy (non-hydrogen) atoms. The lowest BCUT2D eigenvalue weighted by atomic mass is 10.1. The second-order valence-corrected chi connectivity index (χ2v) is 4.64. The van der Waals surface area contributed by atoms with Crippen LogP contribution in [0.1, 0.15) is 20.8 Å². The summed E-state index contributed by atoms with van der Waals surface area (Å²) in [5.74, 6) is 0.471. The molecule has 0 radical (unpaired) electrons. The van der Waals surface area contributed by atoms with Gasteiger partial charge in [0.25, 0.3) is 0 Å². The molecule has 0 saturated carbocycles. The minimum atomic E-state index is -0.496. The van der Waals surface area contributed by atoms with Gasteiger partial charge in [-0.15, -0.1) is 0 Å². The van der Waals surface area contributed by atoms with Gasteiger partial charge < -0.3 is 24.6 Å². The summed E-state index contributed by atoms with van der Waals surface area (Å²) in [4.78, 5) is 0. The molecule has 0 aromatic carbocycles. The van der Waals surface area contributed by atoms with Crippen LogP contribution in [0.4, 0.5) is 0 Å². The van der Waals surface area contributed by atoms with E-state index in [1.807, 2.05) is 6.92 Å². The van der Waals surface area contributed by atoms with Crippen LogP contribution >= 0.6 is 0 Å². The first-order valence-corrected chi connectivity index (χ1v) is 6.67. The summed E-state index contributed by atoms with van der Waals surface area (Å²) in [6.07, 6.45) is -0.496. The van der Waals surface area contributed by atoms with Crippen molar-refractivity contribution in [2.24, 2.45) is 5.92 Å². The Morgan fingerprint density at radius 1 is 1.11 bits per heavy atom. The predicted molar refractivity (Wildman–Crippen MR) is 71.8 cm³/mol. The third-order valence-electron chi connectivity index (χ3n) is 2.66. The van der Waals surface area contributed by atoms with Crippen LogP contribution in [-0.2, 0) is 14.2 Å². The fourth-order valence-corrected chi connectivity index (χ4v) is 1.44. The lowest BCUT2D eigenvalue weighted by Crippen LogP contribution is -2.43. The van der Waals surface area contributed by atoms with E-state index >= 15 is 0 Å². The van der Waals surface area contributed by atoms with Crippen LogP contribution < -0.4 is 5.32 Å². The van der Waals surface area contributed by atoms with Crippen molar-refractivity contribution in [2.45, 2.75) is 32.9 Å². The molecule has 5 heteroatoms. The minimum Gasteiger partial charge on any atom is -0.389 e. The summed E-state index contributed by atoms with van der Waals surface area (Å²) >= 11 is 0. The Balaban J connectivity index is 3.67.